The lowest BCUT2D eigenvalue weighted by Crippen LogP contribution is -2.51. The summed E-state index contributed by atoms with van der Waals surface area (Å²) in [7, 11) is 1.73. The van der Waals surface area contributed by atoms with Crippen LogP contribution in [-0.2, 0) is 27.9 Å². The van der Waals surface area contributed by atoms with Crippen molar-refractivity contribution in [2.45, 2.75) is 50.5 Å². The van der Waals surface area contributed by atoms with Crippen LogP contribution in [0.4, 0.5) is 0 Å². The third kappa shape index (κ3) is 3.93. The van der Waals surface area contributed by atoms with Gasteiger partial charge in [0.25, 0.3) is 0 Å². The van der Waals surface area contributed by atoms with E-state index in [0.29, 0.717) is 18.6 Å². The molecule has 0 radical (unpaired) electrons. The van der Waals surface area contributed by atoms with E-state index in [4.69, 9.17) is 4.74 Å². The van der Waals surface area contributed by atoms with Crippen molar-refractivity contribution in [2.75, 3.05) is 26.2 Å². The lowest BCUT2D eigenvalue weighted by atomic mass is 10.0. The smallest absolute Gasteiger partial charge is 0.329 e. The topological polar surface area (TPSA) is 97.6 Å². The number of ether oxygens (including phenoxy) is 1. The molecule has 3 fully saturated rings. The number of imide groups is 1. The SMILES string of the molecule is Cn1c(=O)n(C2CCC(=O)NC2=O)c2ccc(CN3CCC(OC4CNC4)CC3)cc21. The molecule has 4 heterocycles. The maximum atomic E-state index is 12.9. The summed E-state index contributed by atoms with van der Waals surface area (Å²) in [4.78, 5) is 39.2. The molecular weight excluding hydrogens is 398 g/mol. The lowest BCUT2D eigenvalue weighted by Gasteiger charge is -2.36. The first-order chi connectivity index (χ1) is 15.0. The fourth-order valence-electron chi connectivity index (χ4n) is 4.83. The summed E-state index contributed by atoms with van der Waals surface area (Å²) in [6, 6.07) is 5.36. The highest BCUT2D eigenvalue weighted by Crippen LogP contribution is 2.25. The van der Waals surface area contributed by atoms with Gasteiger partial charge in [-0.25, -0.2) is 4.79 Å². The second kappa shape index (κ2) is 8.22. The highest BCUT2D eigenvalue weighted by molar-refractivity contribution is 6.00. The first-order valence-corrected chi connectivity index (χ1v) is 11.1. The van der Waals surface area contributed by atoms with Crippen LogP contribution in [0.25, 0.3) is 11.0 Å². The number of carbonyl (C=O) groups excluding carboxylic acids is 2. The molecule has 0 aliphatic carbocycles. The van der Waals surface area contributed by atoms with Gasteiger partial charge in [0, 0.05) is 46.2 Å². The van der Waals surface area contributed by atoms with E-state index in [1.165, 1.54) is 4.57 Å². The molecule has 1 aromatic heterocycles. The van der Waals surface area contributed by atoms with Gasteiger partial charge < -0.3 is 10.1 Å². The molecule has 1 atom stereocenters. The summed E-state index contributed by atoms with van der Waals surface area (Å²) >= 11 is 0. The average Bonchev–Trinajstić information content (AvgIpc) is 2.97. The van der Waals surface area contributed by atoms with Crippen molar-refractivity contribution < 1.29 is 14.3 Å². The number of nitrogens with zero attached hydrogens (tertiary/aromatic N) is 3. The number of hydrogen-bond donors (Lipinski definition) is 2. The monoisotopic (exact) mass is 427 g/mol. The molecule has 31 heavy (non-hydrogen) atoms. The van der Waals surface area contributed by atoms with Gasteiger partial charge in [0.15, 0.2) is 0 Å². The number of aryl methyl sites for hydroxylation is 1. The Labute approximate surface area is 180 Å². The molecule has 2 aromatic rings. The number of fused-ring (bicyclic) bond motifs is 1. The molecule has 9 heteroatoms. The Morgan fingerprint density at radius 2 is 1.81 bits per heavy atom. The minimum absolute atomic E-state index is 0.231. The van der Waals surface area contributed by atoms with E-state index < -0.39 is 11.9 Å². The van der Waals surface area contributed by atoms with Gasteiger partial charge in [0.2, 0.25) is 11.8 Å². The third-order valence-corrected chi connectivity index (χ3v) is 6.75. The van der Waals surface area contributed by atoms with Crippen molar-refractivity contribution >= 4 is 22.8 Å². The molecule has 1 aromatic carbocycles. The van der Waals surface area contributed by atoms with Crippen molar-refractivity contribution in [3.8, 4) is 0 Å². The van der Waals surface area contributed by atoms with Gasteiger partial charge in [-0.1, -0.05) is 6.07 Å². The second-order valence-electron chi connectivity index (χ2n) is 8.89. The molecule has 9 nitrogen and oxygen atoms in total. The van der Waals surface area contributed by atoms with Crippen molar-refractivity contribution in [1.29, 1.82) is 0 Å². The standard InChI is InChI=1S/C22H29N5O4/c1-25-19-10-14(13-26-8-6-15(7-9-26)31-16-11-23-12-16)2-3-17(19)27(22(25)30)18-4-5-20(28)24-21(18)29/h2-3,10,15-16,18,23H,4-9,11-13H2,1H3,(H,24,28,29). The number of nitrogens with one attached hydrogen (secondary N) is 2. The van der Waals surface area contributed by atoms with Crippen molar-refractivity contribution in [1.82, 2.24) is 24.7 Å². The zero-order valence-corrected chi connectivity index (χ0v) is 17.8. The molecule has 5 rings (SSSR count). The van der Waals surface area contributed by atoms with Crippen molar-refractivity contribution in [2.24, 2.45) is 7.05 Å². The van der Waals surface area contributed by atoms with Crippen LogP contribution in [-0.4, -0.2) is 64.2 Å². The number of amides is 2. The molecule has 2 amide bonds. The summed E-state index contributed by atoms with van der Waals surface area (Å²) in [6.07, 6.45) is 3.42. The number of carbonyl (C=O) groups is 2. The first-order valence-electron chi connectivity index (χ1n) is 11.1. The van der Waals surface area contributed by atoms with Gasteiger partial charge in [-0.3, -0.25) is 28.9 Å². The highest BCUT2D eigenvalue weighted by atomic mass is 16.5. The van der Waals surface area contributed by atoms with Crippen LogP contribution in [0.15, 0.2) is 23.0 Å². The van der Waals surface area contributed by atoms with Crippen LogP contribution in [0.3, 0.4) is 0 Å². The summed E-state index contributed by atoms with van der Waals surface area (Å²) in [6.45, 7) is 4.76. The Hall–Kier alpha value is -2.49. The van der Waals surface area contributed by atoms with Crippen LogP contribution in [0.2, 0.25) is 0 Å². The van der Waals surface area contributed by atoms with Crippen LogP contribution in [0, 0.1) is 0 Å². The van der Waals surface area contributed by atoms with Crippen LogP contribution >= 0.6 is 0 Å². The molecule has 0 bridgehead atoms. The number of likely N-dealkylation sites (tertiary alicyclic amines) is 1. The predicted molar refractivity (Wildman–Crippen MR) is 115 cm³/mol. The van der Waals surface area contributed by atoms with E-state index in [2.05, 4.69) is 15.5 Å². The maximum Gasteiger partial charge on any atom is 0.329 e. The number of aromatic nitrogens is 2. The summed E-state index contributed by atoms with van der Waals surface area (Å²) < 4.78 is 9.22. The van der Waals surface area contributed by atoms with Gasteiger partial charge in [-0.15, -0.1) is 0 Å². The Balaban J connectivity index is 1.30. The highest BCUT2D eigenvalue weighted by Gasteiger charge is 2.31. The molecular formula is C22H29N5O4. The average molecular weight is 428 g/mol. The molecule has 0 spiro atoms. The Morgan fingerprint density at radius 1 is 1.03 bits per heavy atom. The normalized spacial score (nSPS) is 23.8. The third-order valence-electron chi connectivity index (χ3n) is 6.75. The minimum Gasteiger partial charge on any atom is -0.372 e. The number of imidazole rings is 1. The number of piperidine rings is 2. The van der Waals surface area contributed by atoms with Crippen molar-refractivity contribution in [3.63, 3.8) is 0 Å². The molecule has 0 saturated carbocycles. The molecule has 2 N–H and O–H groups in total. The van der Waals surface area contributed by atoms with Crippen LogP contribution < -0.4 is 16.3 Å². The minimum atomic E-state index is -0.648. The zero-order valence-electron chi connectivity index (χ0n) is 17.8. The molecule has 1 unspecified atom stereocenters. The number of benzene rings is 1. The van der Waals surface area contributed by atoms with Gasteiger partial charge in [0.05, 0.1) is 23.2 Å². The van der Waals surface area contributed by atoms with E-state index in [1.807, 2.05) is 18.2 Å². The van der Waals surface area contributed by atoms with E-state index in [-0.39, 0.29) is 18.0 Å². The number of rotatable bonds is 5. The summed E-state index contributed by atoms with van der Waals surface area (Å²) in [5.74, 6) is -0.687. The molecule has 166 valence electrons. The molecule has 3 aliphatic heterocycles. The Bertz CT molecular complexity index is 1060. The predicted octanol–water partition coefficient (Wildman–Crippen LogP) is 0.271. The van der Waals surface area contributed by atoms with Crippen molar-refractivity contribution in [3.05, 3.63) is 34.2 Å². The summed E-state index contributed by atoms with van der Waals surface area (Å²) in [5, 5.41) is 5.59. The quantitative estimate of drug-likeness (QED) is 0.665. The molecule has 3 aliphatic rings. The van der Waals surface area contributed by atoms with Crippen LogP contribution in [0.1, 0.15) is 37.3 Å². The Kier molecular flexibility index (Phi) is 5.41. The first kappa shape index (κ1) is 20.4. The molecule has 3 saturated heterocycles. The number of hydrogen-bond acceptors (Lipinski definition) is 6. The van der Waals surface area contributed by atoms with Gasteiger partial charge >= 0.3 is 5.69 Å². The maximum absolute atomic E-state index is 12.9. The fraction of sp³-hybridized carbons (Fsp3) is 0.591. The lowest BCUT2D eigenvalue weighted by molar-refractivity contribution is -0.135. The van der Waals surface area contributed by atoms with Gasteiger partial charge in [-0.2, -0.15) is 0 Å². The largest absolute Gasteiger partial charge is 0.372 e. The Morgan fingerprint density at radius 3 is 2.48 bits per heavy atom. The van der Waals surface area contributed by atoms with Gasteiger partial charge in [0.1, 0.15) is 6.04 Å². The van der Waals surface area contributed by atoms with E-state index in [1.54, 1.807) is 11.6 Å². The van der Waals surface area contributed by atoms with E-state index in [0.717, 1.165) is 62.2 Å². The van der Waals surface area contributed by atoms with E-state index >= 15 is 0 Å². The second-order valence-corrected chi connectivity index (χ2v) is 8.89. The zero-order chi connectivity index (χ0) is 21.5. The van der Waals surface area contributed by atoms with Crippen LogP contribution in [0.5, 0.6) is 0 Å². The summed E-state index contributed by atoms with van der Waals surface area (Å²) in [5.41, 5.74) is 2.45. The van der Waals surface area contributed by atoms with E-state index in [9.17, 15) is 14.4 Å². The van der Waals surface area contributed by atoms with Gasteiger partial charge in [-0.05, 0) is 37.0 Å². The fourth-order valence-corrected chi connectivity index (χ4v) is 4.83.